The highest BCUT2D eigenvalue weighted by Crippen LogP contribution is 2.47. The Labute approximate surface area is 323 Å². The fraction of sp³-hybridized carbons (Fsp3) is 0.413. The first-order valence-corrected chi connectivity index (χ1v) is 20.3. The van der Waals surface area contributed by atoms with Crippen LogP contribution in [0.1, 0.15) is 87.7 Å². The van der Waals surface area contributed by atoms with Crippen molar-refractivity contribution < 1.29 is 19.5 Å². The molecule has 0 aromatic heterocycles. The van der Waals surface area contributed by atoms with Gasteiger partial charge in [-0.1, -0.05) is 48.5 Å². The predicted molar refractivity (Wildman–Crippen MR) is 215 cm³/mol. The molecule has 2 N–H and O–H groups in total. The van der Waals surface area contributed by atoms with Gasteiger partial charge in [-0.3, -0.25) is 24.6 Å². The van der Waals surface area contributed by atoms with Gasteiger partial charge in [-0.2, -0.15) is 0 Å². The van der Waals surface area contributed by atoms with Crippen molar-refractivity contribution in [3.8, 4) is 5.75 Å². The Hall–Kier alpha value is -5.15. The van der Waals surface area contributed by atoms with Crippen LogP contribution in [-0.2, 0) is 22.6 Å². The van der Waals surface area contributed by atoms with Gasteiger partial charge in [0.25, 0.3) is 5.91 Å². The Morgan fingerprint density at radius 1 is 0.727 bits per heavy atom. The lowest BCUT2D eigenvalue weighted by Gasteiger charge is -2.40. The molecule has 3 amide bonds. The lowest BCUT2D eigenvalue weighted by atomic mass is 9.69. The summed E-state index contributed by atoms with van der Waals surface area (Å²) in [4.78, 5) is 46.5. The Morgan fingerprint density at radius 2 is 1.53 bits per heavy atom. The molecule has 284 valence electrons. The Balaban J connectivity index is 0.795. The second-order valence-electron chi connectivity index (χ2n) is 16.4. The molecule has 0 unspecified atom stereocenters. The maximum absolute atomic E-state index is 13.2. The summed E-state index contributed by atoms with van der Waals surface area (Å²) in [7, 11) is 0. The SMILES string of the molecule is Cc1cc([C@@H]2c3ccc(O)cc3CC[C@@H]2c2ccccc2)ccc1N1CCC(CN2CCN(c3ccc4c(c3)CN([C@@H]3CCC(=O)NC3=O)C4=O)CC2)CC1. The number of fused-ring (bicyclic) bond motifs is 2. The number of phenols is 1. The number of phenolic OH excluding ortho intramolecular Hbond substituents is 1. The first-order valence-electron chi connectivity index (χ1n) is 20.3. The van der Waals surface area contributed by atoms with Crippen LogP contribution >= 0.6 is 0 Å². The largest absolute Gasteiger partial charge is 0.508 e. The van der Waals surface area contributed by atoms with E-state index in [1.165, 1.54) is 46.3 Å². The third-order valence-electron chi connectivity index (χ3n) is 13.1. The number of piperidine rings is 2. The van der Waals surface area contributed by atoms with Gasteiger partial charge in [-0.15, -0.1) is 0 Å². The topological polar surface area (TPSA) is 96.4 Å². The summed E-state index contributed by atoms with van der Waals surface area (Å²) in [5, 5.41) is 12.7. The van der Waals surface area contributed by atoms with Crippen LogP contribution in [0.2, 0.25) is 0 Å². The van der Waals surface area contributed by atoms with Gasteiger partial charge in [-0.25, -0.2) is 0 Å². The van der Waals surface area contributed by atoms with E-state index in [9.17, 15) is 19.5 Å². The van der Waals surface area contributed by atoms with Crippen molar-refractivity contribution in [3.05, 3.63) is 124 Å². The molecule has 4 aromatic carbocycles. The fourth-order valence-electron chi connectivity index (χ4n) is 10.2. The van der Waals surface area contributed by atoms with Gasteiger partial charge in [0, 0.05) is 81.6 Å². The minimum absolute atomic E-state index is 0.121. The number of nitrogens with one attached hydrogen (secondary N) is 1. The molecule has 3 saturated heterocycles. The van der Waals surface area contributed by atoms with E-state index in [-0.39, 0.29) is 30.1 Å². The molecule has 4 aromatic rings. The molecule has 5 aliphatic rings. The van der Waals surface area contributed by atoms with Crippen LogP contribution in [-0.4, -0.2) is 84.5 Å². The van der Waals surface area contributed by atoms with E-state index in [1.54, 1.807) is 4.90 Å². The molecule has 0 saturated carbocycles. The smallest absolute Gasteiger partial charge is 0.255 e. The fourth-order valence-corrected chi connectivity index (χ4v) is 10.2. The number of aromatic hydroxyl groups is 1. The number of hydrogen-bond acceptors (Lipinski definition) is 7. The van der Waals surface area contributed by atoms with Gasteiger partial charge in [0.2, 0.25) is 11.8 Å². The van der Waals surface area contributed by atoms with Crippen molar-refractivity contribution in [1.82, 2.24) is 15.1 Å². The van der Waals surface area contributed by atoms with Crippen LogP contribution in [0, 0.1) is 12.8 Å². The summed E-state index contributed by atoms with van der Waals surface area (Å²) < 4.78 is 0. The minimum atomic E-state index is -0.586. The monoisotopic (exact) mass is 737 g/mol. The molecule has 4 heterocycles. The molecule has 3 atom stereocenters. The third kappa shape index (κ3) is 6.99. The number of piperazine rings is 1. The molecule has 9 rings (SSSR count). The summed E-state index contributed by atoms with van der Waals surface area (Å²) in [5.41, 5.74) is 10.8. The Morgan fingerprint density at radius 3 is 2.29 bits per heavy atom. The predicted octanol–water partition coefficient (Wildman–Crippen LogP) is 6.36. The zero-order chi connectivity index (χ0) is 37.6. The van der Waals surface area contributed by atoms with Crippen molar-refractivity contribution in [2.75, 3.05) is 55.6 Å². The van der Waals surface area contributed by atoms with Crippen LogP contribution in [0.25, 0.3) is 0 Å². The standard InChI is InChI=1S/C46H51N5O4/c1-30-25-34(44-38(32-5-3-2-4-6-32)11-7-33-27-37(52)10-13-39(33)44)8-14-41(30)50-19-17-31(18-20-50)28-48-21-23-49(24-22-48)36-9-12-40-35(26-36)29-51(46(40)55)42-15-16-43(53)47-45(42)54/h2-6,8-10,12-14,25-27,31,38,42,44,52H,7,11,15-24,28-29H2,1H3,(H,47,53,54)/t38-,42-,44+/m1/s1. The number of anilines is 2. The van der Waals surface area contributed by atoms with Crippen LogP contribution in [0.4, 0.5) is 11.4 Å². The number of benzene rings is 4. The van der Waals surface area contributed by atoms with Crippen molar-refractivity contribution in [2.24, 2.45) is 5.92 Å². The number of hydrogen-bond donors (Lipinski definition) is 2. The van der Waals surface area contributed by atoms with Crippen molar-refractivity contribution in [2.45, 2.75) is 69.9 Å². The summed E-state index contributed by atoms with van der Waals surface area (Å²) in [6.07, 6.45) is 5.08. The number of amides is 3. The summed E-state index contributed by atoms with van der Waals surface area (Å²) in [6, 6.07) is 29.6. The number of carbonyl (C=O) groups is 3. The molecular formula is C46H51N5O4. The summed E-state index contributed by atoms with van der Waals surface area (Å²) >= 11 is 0. The molecule has 3 fully saturated rings. The van der Waals surface area contributed by atoms with Crippen LogP contribution < -0.4 is 15.1 Å². The molecular weight excluding hydrogens is 687 g/mol. The second kappa shape index (κ2) is 14.8. The number of carbonyl (C=O) groups excluding carboxylic acids is 3. The lowest BCUT2D eigenvalue weighted by molar-refractivity contribution is -0.136. The highest BCUT2D eigenvalue weighted by atomic mass is 16.3. The van der Waals surface area contributed by atoms with Gasteiger partial charge in [0.15, 0.2) is 0 Å². The normalized spacial score (nSPS) is 23.5. The average Bonchev–Trinajstić information content (AvgIpc) is 3.53. The maximum atomic E-state index is 13.2. The number of rotatable bonds is 7. The van der Waals surface area contributed by atoms with E-state index >= 15 is 0 Å². The zero-order valence-electron chi connectivity index (χ0n) is 31.8. The minimum Gasteiger partial charge on any atom is -0.508 e. The number of aryl methyl sites for hydroxylation is 2. The molecule has 0 radical (unpaired) electrons. The zero-order valence-corrected chi connectivity index (χ0v) is 31.8. The molecule has 4 aliphatic heterocycles. The van der Waals surface area contributed by atoms with E-state index in [0.717, 1.165) is 69.9 Å². The van der Waals surface area contributed by atoms with Gasteiger partial charge < -0.3 is 19.8 Å². The lowest BCUT2D eigenvalue weighted by Crippen LogP contribution is -2.52. The molecule has 0 spiro atoms. The van der Waals surface area contributed by atoms with Crippen molar-refractivity contribution in [1.29, 1.82) is 0 Å². The van der Waals surface area contributed by atoms with Crippen molar-refractivity contribution in [3.63, 3.8) is 0 Å². The maximum Gasteiger partial charge on any atom is 0.255 e. The van der Waals surface area contributed by atoms with E-state index in [1.807, 2.05) is 24.3 Å². The van der Waals surface area contributed by atoms with Gasteiger partial charge in [0.1, 0.15) is 11.8 Å². The van der Waals surface area contributed by atoms with Gasteiger partial charge in [-0.05, 0) is 121 Å². The number of nitrogens with zero attached hydrogens (tertiary/aromatic N) is 4. The van der Waals surface area contributed by atoms with E-state index in [2.05, 4.69) is 87.6 Å². The van der Waals surface area contributed by atoms with E-state index in [0.29, 0.717) is 36.1 Å². The third-order valence-corrected chi connectivity index (χ3v) is 13.1. The summed E-state index contributed by atoms with van der Waals surface area (Å²) in [5.74, 6) is 0.942. The van der Waals surface area contributed by atoms with Crippen LogP contribution in [0.5, 0.6) is 5.75 Å². The summed E-state index contributed by atoms with van der Waals surface area (Å²) in [6.45, 7) is 9.91. The van der Waals surface area contributed by atoms with E-state index < -0.39 is 6.04 Å². The van der Waals surface area contributed by atoms with Gasteiger partial charge >= 0.3 is 0 Å². The molecule has 9 nitrogen and oxygen atoms in total. The second-order valence-corrected chi connectivity index (χ2v) is 16.4. The highest BCUT2D eigenvalue weighted by molar-refractivity contribution is 6.05. The number of imide groups is 1. The van der Waals surface area contributed by atoms with Crippen LogP contribution in [0.15, 0.2) is 84.9 Å². The Kier molecular flexibility index (Phi) is 9.58. The molecule has 1 aliphatic carbocycles. The first-order chi connectivity index (χ1) is 26.8. The van der Waals surface area contributed by atoms with Gasteiger partial charge in [0.05, 0.1) is 0 Å². The Bertz CT molecular complexity index is 2100. The quantitative estimate of drug-likeness (QED) is 0.213. The van der Waals surface area contributed by atoms with E-state index in [4.69, 9.17) is 0 Å². The molecule has 0 bridgehead atoms. The van der Waals surface area contributed by atoms with Crippen molar-refractivity contribution >= 4 is 29.1 Å². The molecule has 55 heavy (non-hydrogen) atoms. The molecule has 9 heteroatoms. The highest BCUT2D eigenvalue weighted by Gasteiger charge is 2.39. The van der Waals surface area contributed by atoms with Crippen LogP contribution in [0.3, 0.4) is 0 Å². The average molecular weight is 738 g/mol. The first kappa shape index (κ1) is 35.5.